The largest absolute Gasteiger partial charge is 0.317 e. The third-order valence-electron chi connectivity index (χ3n) is 5.18. The van der Waals surface area contributed by atoms with Crippen LogP contribution in [0.25, 0.3) is 0 Å². The highest BCUT2D eigenvalue weighted by Crippen LogP contribution is 2.34. The Balaban J connectivity index is 1.68. The molecule has 0 amide bonds. The molecule has 2 heteroatoms. The van der Waals surface area contributed by atoms with Crippen LogP contribution in [-0.2, 0) is 13.0 Å². The van der Waals surface area contributed by atoms with Gasteiger partial charge in [-0.3, -0.25) is 4.90 Å². The van der Waals surface area contributed by atoms with Crippen LogP contribution in [0.4, 0.5) is 0 Å². The van der Waals surface area contributed by atoms with Crippen molar-refractivity contribution in [1.29, 1.82) is 0 Å². The number of nitrogens with one attached hydrogen (secondary N) is 1. The molecule has 2 aliphatic heterocycles. The molecule has 2 aliphatic rings. The Bertz CT molecular complexity index is 421. The summed E-state index contributed by atoms with van der Waals surface area (Å²) in [6.07, 6.45) is 5.25. The van der Waals surface area contributed by atoms with Crippen LogP contribution in [0.5, 0.6) is 0 Å². The zero-order chi connectivity index (χ0) is 13.1. The number of piperidine rings is 1. The lowest BCUT2D eigenvalue weighted by Gasteiger charge is -2.42. The first-order valence-corrected chi connectivity index (χ1v) is 7.81. The van der Waals surface area contributed by atoms with Crippen LogP contribution in [0.2, 0.25) is 0 Å². The maximum atomic E-state index is 3.51. The Kier molecular flexibility index (Phi) is 3.90. The Morgan fingerprint density at radius 2 is 1.89 bits per heavy atom. The predicted molar refractivity (Wildman–Crippen MR) is 80.3 cm³/mol. The van der Waals surface area contributed by atoms with E-state index in [1.165, 1.54) is 51.9 Å². The fraction of sp³-hybridized carbons (Fsp3) is 0.647. The Labute approximate surface area is 117 Å². The first-order chi connectivity index (χ1) is 9.31. The molecular formula is C17H26N2. The molecule has 0 spiro atoms. The van der Waals surface area contributed by atoms with Crippen LogP contribution in [0.3, 0.4) is 0 Å². The third kappa shape index (κ3) is 2.85. The maximum Gasteiger partial charge on any atom is 0.0236 e. The number of fused-ring (bicyclic) bond motifs is 1. The highest BCUT2D eigenvalue weighted by Gasteiger charge is 2.32. The summed E-state index contributed by atoms with van der Waals surface area (Å²) in [6.45, 7) is 8.48. The van der Waals surface area contributed by atoms with Gasteiger partial charge in [0, 0.05) is 19.6 Å². The molecule has 104 valence electrons. The van der Waals surface area contributed by atoms with Crippen LogP contribution in [0, 0.1) is 5.41 Å². The summed E-state index contributed by atoms with van der Waals surface area (Å²) in [5.41, 5.74) is 3.68. The van der Waals surface area contributed by atoms with Gasteiger partial charge >= 0.3 is 0 Å². The van der Waals surface area contributed by atoms with Gasteiger partial charge in [0.2, 0.25) is 0 Å². The third-order valence-corrected chi connectivity index (χ3v) is 5.18. The van der Waals surface area contributed by atoms with E-state index in [0.717, 1.165) is 6.54 Å². The monoisotopic (exact) mass is 258 g/mol. The average Bonchev–Trinajstić information content (AvgIpc) is 2.48. The van der Waals surface area contributed by atoms with Crippen LogP contribution >= 0.6 is 0 Å². The smallest absolute Gasteiger partial charge is 0.0236 e. The standard InChI is InChI=1S/C17H26N2/c1-2-17(8-10-18-11-9-17)14-19-12-7-15-5-3-4-6-16(15)13-19/h3-6,18H,2,7-14H2,1H3. The number of rotatable bonds is 3. The van der Waals surface area contributed by atoms with Gasteiger partial charge in [0.15, 0.2) is 0 Å². The summed E-state index contributed by atoms with van der Waals surface area (Å²) in [4.78, 5) is 2.69. The maximum absolute atomic E-state index is 3.51. The van der Waals surface area contributed by atoms with Crippen molar-refractivity contribution in [2.45, 2.75) is 39.2 Å². The second-order valence-corrected chi connectivity index (χ2v) is 6.33. The van der Waals surface area contributed by atoms with E-state index in [1.807, 2.05) is 0 Å². The van der Waals surface area contributed by atoms with E-state index in [1.54, 1.807) is 11.1 Å². The first kappa shape index (κ1) is 13.1. The Morgan fingerprint density at radius 1 is 1.16 bits per heavy atom. The lowest BCUT2D eigenvalue weighted by Crippen LogP contribution is -2.45. The molecule has 2 heterocycles. The van der Waals surface area contributed by atoms with Crippen molar-refractivity contribution in [3.05, 3.63) is 35.4 Å². The average molecular weight is 258 g/mol. The van der Waals surface area contributed by atoms with E-state index < -0.39 is 0 Å². The summed E-state index contributed by atoms with van der Waals surface area (Å²) in [5.74, 6) is 0. The highest BCUT2D eigenvalue weighted by molar-refractivity contribution is 5.29. The van der Waals surface area contributed by atoms with Gasteiger partial charge in [-0.25, -0.2) is 0 Å². The summed E-state index contributed by atoms with van der Waals surface area (Å²) < 4.78 is 0. The minimum absolute atomic E-state index is 0.567. The molecule has 0 saturated carbocycles. The molecule has 1 saturated heterocycles. The molecule has 3 rings (SSSR count). The van der Waals surface area contributed by atoms with E-state index in [4.69, 9.17) is 0 Å². The van der Waals surface area contributed by atoms with Gasteiger partial charge in [-0.05, 0) is 55.3 Å². The number of hydrogen-bond donors (Lipinski definition) is 1. The van der Waals surface area contributed by atoms with Crippen LogP contribution in [-0.4, -0.2) is 31.1 Å². The molecule has 0 aromatic heterocycles. The molecule has 0 atom stereocenters. The molecule has 0 radical (unpaired) electrons. The zero-order valence-corrected chi connectivity index (χ0v) is 12.1. The number of nitrogens with zero attached hydrogens (tertiary/aromatic N) is 1. The van der Waals surface area contributed by atoms with E-state index in [0.29, 0.717) is 5.41 Å². The van der Waals surface area contributed by atoms with Crippen LogP contribution in [0.15, 0.2) is 24.3 Å². The number of benzene rings is 1. The predicted octanol–water partition coefficient (Wildman–Crippen LogP) is 2.82. The van der Waals surface area contributed by atoms with Gasteiger partial charge in [-0.2, -0.15) is 0 Å². The van der Waals surface area contributed by atoms with Crippen molar-refractivity contribution in [1.82, 2.24) is 10.2 Å². The van der Waals surface area contributed by atoms with Gasteiger partial charge in [0.25, 0.3) is 0 Å². The van der Waals surface area contributed by atoms with Crippen molar-refractivity contribution in [2.24, 2.45) is 5.41 Å². The molecule has 2 nitrogen and oxygen atoms in total. The van der Waals surface area contributed by atoms with Gasteiger partial charge < -0.3 is 5.32 Å². The van der Waals surface area contributed by atoms with Crippen molar-refractivity contribution < 1.29 is 0 Å². The van der Waals surface area contributed by atoms with E-state index in [-0.39, 0.29) is 0 Å². The van der Waals surface area contributed by atoms with E-state index in [9.17, 15) is 0 Å². The fourth-order valence-electron chi connectivity index (χ4n) is 3.74. The normalized spacial score (nSPS) is 23.0. The van der Waals surface area contributed by atoms with Crippen molar-refractivity contribution >= 4 is 0 Å². The molecule has 1 aromatic rings. The summed E-state index contributed by atoms with van der Waals surface area (Å²) >= 11 is 0. The summed E-state index contributed by atoms with van der Waals surface area (Å²) in [5, 5.41) is 3.51. The van der Waals surface area contributed by atoms with Crippen molar-refractivity contribution in [2.75, 3.05) is 26.2 Å². The summed E-state index contributed by atoms with van der Waals surface area (Å²) in [7, 11) is 0. The van der Waals surface area contributed by atoms with Gasteiger partial charge in [-0.15, -0.1) is 0 Å². The van der Waals surface area contributed by atoms with E-state index >= 15 is 0 Å². The molecule has 19 heavy (non-hydrogen) atoms. The topological polar surface area (TPSA) is 15.3 Å². The van der Waals surface area contributed by atoms with Gasteiger partial charge in [0.05, 0.1) is 0 Å². The summed E-state index contributed by atoms with van der Waals surface area (Å²) in [6, 6.07) is 8.96. The Hall–Kier alpha value is -0.860. The second kappa shape index (κ2) is 5.64. The van der Waals surface area contributed by atoms with Crippen molar-refractivity contribution in [3.8, 4) is 0 Å². The molecule has 0 aliphatic carbocycles. The fourth-order valence-corrected chi connectivity index (χ4v) is 3.74. The molecule has 1 fully saturated rings. The van der Waals surface area contributed by atoms with Crippen molar-refractivity contribution in [3.63, 3.8) is 0 Å². The van der Waals surface area contributed by atoms with Crippen LogP contribution in [0.1, 0.15) is 37.3 Å². The lowest BCUT2D eigenvalue weighted by atomic mass is 9.76. The first-order valence-electron chi connectivity index (χ1n) is 7.81. The molecular weight excluding hydrogens is 232 g/mol. The Morgan fingerprint density at radius 3 is 2.63 bits per heavy atom. The molecule has 0 unspecified atom stereocenters. The lowest BCUT2D eigenvalue weighted by molar-refractivity contribution is 0.0981. The van der Waals surface area contributed by atoms with E-state index in [2.05, 4.69) is 41.4 Å². The van der Waals surface area contributed by atoms with Crippen LogP contribution < -0.4 is 5.32 Å². The molecule has 1 aromatic carbocycles. The quantitative estimate of drug-likeness (QED) is 0.897. The zero-order valence-electron chi connectivity index (χ0n) is 12.1. The van der Waals surface area contributed by atoms with Gasteiger partial charge in [-0.1, -0.05) is 31.2 Å². The highest BCUT2D eigenvalue weighted by atomic mass is 15.1. The SMILES string of the molecule is CCC1(CN2CCc3ccccc3C2)CCNCC1. The molecule has 0 bridgehead atoms. The number of hydrogen-bond acceptors (Lipinski definition) is 2. The minimum atomic E-state index is 0.567. The van der Waals surface area contributed by atoms with Gasteiger partial charge in [0.1, 0.15) is 0 Å². The molecule has 1 N–H and O–H groups in total. The minimum Gasteiger partial charge on any atom is -0.317 e. The second-order valence-electron chi connectivity index (χ2n) is 6.33.